The van der Waals surface area contributed by atoms with Crippen molar-refractivity contribution in [2.45, 2.75) is 50.2 Å². The Morgan fingerprint density at radius 2 is 1.71 bits per heavy atom. The Balaban J connectivity index is 1.53. The lowest BCUT2D eigenvalue weighted by molar-refractivity contribution is -0.113. The summed E-state index contributed by atoms with van der Waals surface area (Å²) in [7, 11) is -0.0682. The molecule has 0 unspecified atom stereocenters. The van der Waals surface area contributed by atoms with Crippen LogP contribution in [0.15, 0.2) is 27.7 Å². The minimum absolute atomic E-state index is 0.150. The van der Waals surface area contributed by atoms with Gasteiger partial charge >= 0.3 is 0 Å². The maximum Gasteiger partial charge on any atom is 0.240 e. The smallest absolute Gasteiger partial charge is 0.240 e. The Morgan fingerprint density at radius 1 is 1.07 bits per heavy atom. The number of nitrogens with one attached hydrogen (secondary N) is 1. The molecule has 6 nitrogen and oxygen atoms in total. The molecule has 0 spiro atoms. The first-order chi connectivity index (χ1) is 13.3. The maximum atomic E-state index is 12.6. The fourth-order valence-electron chi connectivity index (χ4n) is 4.31. The van der Waals surface area contributed by atoms with Gasteiger partial charge in [-0.2, -0.15) is 0 Å². The average molecular weight is 403 g/mol. The third kappa shape index (κ3) is 3.73. The van der Waals surface area contributed by atoms with Gasteiger partial charge in [0.2, 0.25) is 20.8 Å². The number of hydrogen-bond acceptors (Lipinski definition) is 5. The number of rotatable bonds is 6. The number of benzene rings is 1. The number of sulfone groups is 1. The summed E-state index contributed by atoms with van der Waals surface area (Å²) in [6.45, 7) is 0.504. The van der Waals surface area contributed by atoms with E-state index in [4.69, 9.17) is 4.42 Å². The molecule has 1 N–H and O–H groups in total. The molecular formula is C21H26N2O4S. The van der Waals surface area contributed by atoms with Gasteiger partial charge in [-0.15, -0.1) is 0 Å². The van der Waals surface area contributed by atoms with E-state index in [9.17, 15) is 13.2 Å². The van der Waals surface area contributed by atoms with E-state index in [2.05, 4.69) is 11.4 Å². The second-order valence-electron chi connectivity index (χ2n) is 8.00. The van der Waals surface area contributed by atoms with Crippen molar-refractivity contribution in [2.75, 3.05) is 25.2 Å². The number of amides is 1. The van der Waals surface area contributed by atoms with Crippen LogP contribution in [0.4, 0.5) is 5.69 Å². The van der Waals surface area contributed by atoms with Crippen LogP contribution in [0.1, 0.15) is 40.9 Å². The summed E-state index contributed by atoms with van der Waals surface area (Å²) in [4.78, 5) is 14.5. The average Bonchev–Trinajstić information content (AvgIpc) is 3.32. The predicted molar refractivity (Wildman–Crippen MR) is 107 cm³/mol. The van der Waals surface area contributed by atoms with Gasteiger partial charge in [0, 0.05) is 5.69 Å². The Bertz CT molecular complexity index is 989. The van der Waals surface area contributed by atoms with E-state index in [1.165, 1.54) is 28.3 Å². The molecule has 0 bridgehead atoms. The molecule has 1 heterocycles. The van der Waals surface area contributed by atoms with E-state index >= 15 is 0 Å². The number of carbonyl (C=O) groups is 1. The summed E-state index contributed by atoms with van der Waals surface area (Å²) < 4.78 is 30.7. The molecule has 0 fully saturated rings. The molecule has 0 saturated carbocycles. The van der Waals surface area contributed by atoms with E-state index in [1.54, 1.807) is 6.07 Å². The molecule has 0 saturated heterocycles. The van der Waals surface area contributed by atoms with Gasteiger partial charge in [0.25, 0.3) is 0 Å². The lowest BCUT2D eigenvalue weighted by Crippen LogP contribution is -2.24. The van der Waals surface area contributed by atoms with Crippen molar-refractivity contribution in [2.24, 2.45) is 0 Å². The highest BCUT2D eigenvalue weighted by Gasteiger charge is 2.28. The normalized spacial score (nSPS) is 15.7. The second-order valence-corrected chi connectivity index (χ2v) is 9.92. The zero-order chi connectivity index (χ0) is 19.9. The zero-order valence-corrected chi connectivity index (χ0v) is 17.2. The summed E-state index contributed by atoms with van der Waals surface area (Å²) in [6.07, 6.45) is 6.12. The predicted octanol–water partition coefficient (Wildman–Crippen LogP) is 2.73. The Kier molecular flexibility index (Phi) is 5.05. The molecule has 0 aliphatic heterocycles. The fourth-order valence-corrected chi connectivity index (χ4v) is 5.38. The van der Waals surface area contributed by atoms with E-state index in [0.29, 0.717) is 12.3 Å². The number of anilines is 1. The summed E-state index contributed by atoms with van der Waals surface area (Å²) in [6, 6.07) is 5.35. The van der Waals surface area contributed by atoms with Crippen molar-refractivity contribution in [3.05, 3.63) is 46.2 Å². The van der Waals surface area contributed by atoms with Gasteiger partial charge in [0.15, 0.2) is 0 Å². The molecule has 2 aliphatic carbocycles. The molecule has 0 radical (unpaired) electrons. The number of hydrogen-bond donors (Lipinski definition) is 1. The second kappa shape index (κ2) is 7.37. The monoisotopic (exact) mass is 402 g/mol. The molecule has 1 amide bonds. The van der Waals surface area contributed by atoms with Gasteiger partial charge in [-0.3, -0.25) is 4.79 Å². The molecule has 7 heteroatoms. The van der Waals surface area contributed by atoms with Gasteiger partial charge < -0.3 is 14.6 Å². The molecule has 150 valence electrons. The number of carbonyl (C=O) groups excluding carboxylic acids is 1. The summed E-state index contributed by atoms with van der Waals surface area (Å²) in [5.41, 5.74) is 5.86. The molecule has 1 aromatic heterocycles. The van der Waals surface area contributed by atoms with Gasteiger partial charge in [0.05, 0.1) is 6.54 Å². The van der Waals surface area contributed by atoms with Crippen LogP contribution in [-0.4, -0.2) is 39.1 Å². The standard InChI is InChI=1S/C21H26N2O4S/c1-23(2)12-16-9-10-20(27-16)28(25,26)13-19(24)22-21-17-7-3-5-14(17)11-15-6-4-8-18(15)21/h9-11H,3-8,12-13H2,1-2H3,(H,22,24). The van der Waals surface area contributed by atoms with Crippen molar-refractivity contribution in [1.82, 2.24) is 4.90 Å². The molecule has 4 rings (SSSR count). The SMILES string of the molecule is CN(C)Cc1ccc(S(=O)(=O)CC(=O)Nc2c3c(cc4c2CCC4)CCC3)o1. The lowest BCUT2D eigenvalue weighted by Gasteiger charge is -2.16. The fraction of sp³-hybridized carbons (Fsp3) is 0.476. The van der Waals surface area contributed by atoms with E-state index in [-0.39, 0.29) is 5.09 Å². The number of furan rings is 1. The number of nitrogens with zero attached hydrogens (tertiary/aromatic N) is 1. The highest BCUT2D eigenvalue weighted by atomic mass is 32.2. The highest BCUT2D eigenvalue weighted by molar-refractivity contribution is 7.92. The Labute approximate surface area is 165 Å². The highest BCUT2D eigenvalue weighted by Crippen LogP contribution is 2.38. The molecule has 1 aromatic carbocycles. The van der Waals surface area contributed by atoms with Gasteiger partial charge in [-0.05, 0) is 87.0 Å². The van der Waals surface area contributed by atoms with Crippen LogP contribution in [-0.2, 0) is 46.9 Å². The Hall–Kier alpha value is -2.12. The quantitative estimate of drug-likeness (QED) is 0.804. The molecule has 0 atom stereocenters. The minimum Gasteiger partial charge on any atom is -0.448 e. The van der Waals surface area contributed by atoms with E-state index in [1.807, 2.05) is 19.0 Å². The number of aryl methyl sites for hydroxylation is 2. The van der Waals surface area contributed by atoms with Crippen LogP contribution in [0, 0.1) is 0 Å². The van der Waals surface area contributed by atoms with Gasteiger partial charge in [-0.25, -0.2) is 8.42 Å². The Morgan fingerprint density at radius 3 is 2.32 bits per heavy atom. The van der Waals surface area contributed by atoms with Crippen LogP contribution in [0.25, 0.3) is 0 Å². The number of fused-ring (bicyclic) bond motifs is 2. The molecule has 28 heavy (non-hydrogen) atoms. The first-order valence-electron chi connectivity index (χ1n) is 9.76. The third-order valence-electron chi connectivity index (χ3n) is 5.47. The first kappa shape index (κ1) is 19.2. The van der Waals surface area contributed by atoms with Crippen molar-refractivity contribution >= 4 is 21.4 Å². The van der Waals surface area contributed by atoms with Crippen molar-refractivity contribution in [1.29, 1.82) is 0 Å². The first-order valence-corrected chi connectivity index (χ1v) is 11.4. The van der Waals surface area contributed by atoms with Crippen LogP contribution in [0.3, 0.4) is 0 Å². The zero-order valence-electron chi connectivity index (χ0n) is 16.4. The van der Waals surface area contributed by atoms with Crippen molar-refractivity contribution in [3.63, 3.8) is 0 Å². The van der Waals surface area contributed by atoms with Crippen molar-refractivity contribution < 1.29 is 17.6 Å². The molecule has 2 aromatic rings. The summed E-state index contributed by atoms with van der Waals surface area (Å²) in [5, 5.41) is 2.79. The van der Waals surface area contributed by atoms with Crippen LogP contribution in [0.5, 0.6) is 0 Å². The summed E-state index contributed by atoms with van der Waals surface area (Å²) in [5.74, 6) is -0.553. The largest absolute Gasteiger partial charge is 0.448 e. The maximum absolute atomic E-state index is 12.6. The van der Waals surface area contributed by atoms with Crippen molar-refractivity contribution in [3.8, 4) is 0 Å². The van der Waals surface area contributed by atoms with Crippen LogP contribution in [0.2, 0.25) is 0 Å². The molecular weight excluding hydrogens is 376 g/mol. The van der Waals surface area contributed by atoms with Crippen LogP contribution >= 0.6 is 0 Å². The summed E-state index contributed by atoms with van der Waals surface area (Å²) >= 11 is 0. The van der Waals surface area contributed by atoms with E-state index in [0.717, 1.165) is 44.2 Å². The lowest BCUT2D eigenvalue weighted by atomic mass is 9.98. The van der Waals surface area contributed by atoms with Gasteiger partial charge in [0.1, 0.15) is 11.5 Å². The van der Waals surface area contributed by atoms with Gasteiger partial charge in [-0.1, -0.05) is 6.07 Å². The topological polar surface area (TPSA) is 79.6 Å². The van der Waals surface area contributed by atoms with E-state index < -0.39 is 21.5 Å². The molecule has 2 aliphatic rings. The third-order valence-corrected chi connectivity index (χ3v) is 6.95. The van der Waals surface area contributed by atoms with Crippen LogP contribution < -0.4 is 5.32 Å². The minimum atomic E-state index is -3.82.